The van der Waals surface area contributed by atoms with Gasteiger partial charge in [-0.05, 0) is 24.3 Å². The molecule has 0 atom stereocenters. The summed E-state index contributed by atoms with van der Waals surface area (Å²) in [5.41, 5.74) is 0.904. The van der Waals surface area contributed by atoms with E-state index in [1.54, 1.807) is 18.3 Å². The maximum Gasteiger partial charge on any atom is 0.308 e. The zero-order valence-corrected chi connectivity index (χ0v) is 7.73. The van der Waals surface area contributed by atoms with Crippen molar-refractivity contribution in [1.82, 2.24) is 4.68 Å². The molecule has 2 N–H and O–H groups in total. The lowest BCUT2D eigenvalue weighted by molar-refractivity contribution is -0.131. The Kier molecular flexibility index (Phi) is 1.89. The van der Waals surface area contributed by atoms with Gasteiger partial charge < -0.3 is 10.6 Å². The van der Waals surface area contributed by atoms with E-state index in [9.17, 15) is 4.79 Å². The van der Waals surface area contributed by atoms with Crippen molar-refractivity contribution < 1.29 is 9.53 Å². The van der Waals surface area contributed by atoms with Gasteiger partial charge in [0.15, 0.2) is 0 Å². The van der Waals surface area contributed by atoms with Crippen LogP contribution in [0.4, 0.5) is 0 Å². The molecular weight excluding hydrogens is 180 g/mol. The summed E-state index contributed by atoms with van der Waals surface area (Å²) in [5.74, 6) is 5.85. The molecule has 0 aliphatic rings. The van der Waals surface area contributed by atoms with Crippen molar-refractivity contribution in [1.29, 1.82) is 0 Å². The van der Waals surface area contributed by atoms with Crippen molar-refractivity contribution in [2.75, 3.05) is 5.84 Å². The Hall–Kier alpha value is -1.97. The molecule has 0 bridgehead atoms. The van der Waals surface area contributed by atoms with Gasteiger partial charge in [-0.25, -0.2) is 0 Å². The van der Waals surface area contributed by atoms with Crippen LogP contribution in [-0.2, 0) is 4.79 Å². The minimum atomic E-state index is -0.323. The lowest BCUT2D eigenvalue weighted by atomic mass is 10.2. The molecule has 0 saturated heterocycles. The van der Waals surface area contributed by atoms with Crippen LogP contribution in [0.1, 0.15) is 6.92 Å². The van der Waals surface area contributed by atoms with Crippen LogP contribution >= 0.6 is 0 Å². The maximum atomic E-state index is 10.7. The van der Waals surface area contributed by atoms with E-state index in [2.05, 4.69) is 0 Å². The Balaban J connectivity index is 2.46. The standard InChI is InChI=1S/C10H10N2O2/c1-7(13)14-9-2-3-10-8(6-9)4-5-12(10)11/h2-6H,11H2,1H3. The van der Waals surface area contributed by atoms with E-state index in [1.165, 1.54) is 11.6 Å². The molecule has 4 nitrogen and oxygen atoms in total. The first kappa shape index (κ1) is 8.62. The second kappa shape index (κ2) is 3.06. The number of nitrogens with zero attached hydrogens (tertiary/aromatic N) is 1. The van der Waals surface area contributed by atoms with Gasteiger partial charge in [-0.15, -0.1) is 0 Å². The smallest absolute Gasteiger partial charge is 0.308 e. The number of benzene rings is 1. The number of hydrogen-bond donors (Lipinski definition) is 1. The number of carbonyl (C=O) groups is 1. The van der Waals surface area contributed by atoms with E-state index in [0.717, 1.165) is 10.9 Å². The predicted molar refractivity (Wildman–Crippen MR) is 53.4 cm³/mol. The number of esters is 1. The van der Waals surface area contributed by atoms with Gasteiger partial charge in [-0.2, -0.15) is 0 Å². The molecule has 1 aromatic heterocycles. The van der Waals surface area contributed by atoms with Crippen LogP contribution in [0.15, 0.2) is 30.5 Å². The highest BCUT2D eigenvalue weighted by Gasteiger charge is 2.02. The normalized spacial score (nSPS) is 10.4. The van der Waals surface area contributed by atoms with Gasteiger partial charge in [-0.3, -0.25) is 9.47 Å². The van der Waals surface area contributed by atoms with Crippen LogP contribution in [0, 0.1) is 0 Å². The summed E-state index contributed by atoms with van der Waals surface area (Å²) in [5, 5.41) is 0.950. The van der Waals surface area contributed by atoms with E-state index in [-0.39, 0.29) is 5.97 Å². The molecule has 1 aromatic carbocycles. The summed E-state index contributed by atoms with van der Waals surface area (Å²) in [6, 6.07) is 7.17. The minimum absolute atomic E-state index is 0.323. The van der Waals surface area contributed by atoms with Crippen molar-refractivity contribution in [3.8, 4) is 5.75 Å². The average Bonchev–Trinajstić information content (AvgIpc) is 2.46. The minimum Gasteiger partial charge on any atom is -0.427 e. The lowest BCUT2D eigenvalue weighted by Gasteiger charge is -2.01. The third-order valence-corrected chi connectivity index (χ3v) is 1.95. The van der Waals surface area contributed by atoms with Crippen LogP contribution < -0.4 is 10.6 Å². The molecule has 0 fully saturated rings. The summed E-state index contributed by atoms with van der Waals surface area (Å²) in [6.45, 7) is 1.37. The second-order valence-electron chi connectivity index (χ2n) is 3.04. The summed E-state index contributed by atoms with van der Waals surface area (Å²) in [4.78, 5) is 10.7. The fraction of sp³-hybridized carbons (Fsp3) is 0.100. The topological polar surface area (TPSA) is 57.2 Å². The summed E-state index contributed by atoms with van der Waals surface area (Å²) in [6.07, 6.45) is 1.75. The van der Waals surface area contributed by atoms with Gasteiger partial charge >= 0.3 is 5.97 Å². The summed E-state index contributed by atoms with van der Waals surface area (Å²) >= 11 is 0. The van der Waals surface area contributed by atoms with Crippen LogP contribution in [0.5, 0.6) is 5.75 Å². The van der Waals surface area contributed by atoms with Gasteiger partial charge in [0.05, 0.1) is 5.52 Å². The van der Waals surface area contributed by atoms with Crippen LogP contribution in [0.25, 0.3) is 10.9 Å². The first-order valence-electron chi connectivity index (χ1n) is 4.21. The largest absolute Gasteiger partial charge is 0.427 e. The zero-order valence-electron chi connectivity index (χ0n) is 7.73. The maximum absolute atomic E-state index is 10.7. The molecule has 0 radical (unpaired) electrons. The van der Waals surface area contributed by atoms with Gasteiger partial charge in [0.1, 0.15) is 5.75 Å². The number of ether oxygens (including phenoxy) is 1. The van der Waals surface area contributed by atoms with Crippen molar-refractivity contribution in [2.24, 2.45) is 0 Å². The number of hydrogen-bond acceptors (Lipinski definition) is 3. The third-order valence-electron chi connectivity index (χ3n) is 1.95. The molecule has 2 rings (SSSR count). The number of rotatable bonds is 1. The number of nitrogens with two attached hydrogens (primary N) is 1. The molecule has 0 saturated carbocycles. The van der Waals surface area contributed by atoms with E-state index in [0.29, 0.717) is 5.75 Å². The molecular formula is C10H10N2O2. The monoisotopic (exact) mass is 190 g/mol. The number of aromatic nitrogens is 1. The predicted octanol–water partition coefficient (Wildman–Crippen LogP) is 1.28. The molecule has 0 unspecified atom stereocenters. The molecule has 4 heteroatoms. The third kappa shape index (κ3) is 1.42. The Bertz CT molecular complexity index is 488. The Labute approximate surface area is 80.8 Å². The Morgan fingerprint density at radius 3 is 2.93 bits per heavy atom. The van der Waals surface area contributed by atoms with E-state index < -0.39 is 0 Å². The van der Waals surface area contributed by atoms with Crippen molar-refractivity contribution in [2.45, 2.75) is 6.92 Å². The van der Waals surface area contributed by atoms with Crippen LogP contribution in [0.3, 0.4) is 0 Å². The molecule has 72 valence electrons. The van der Waals surface area contributed by atoms with Crippen molar-refractivity contribution in [3.63, 3.8) is 0 Å². The van der Waals surface area contributed by atoms with Crippen LogP contribution in [0.2, 0.25) is 0 Å². The number of fused-ring (bicyclic) bond motifs is 1. The zero-order chi connectivity index (χ0) is 10.1. The molecule has 0 aliphatic heterocycles. The second-order valence-corrected chi connectivity index (χ2v) is 3.04. The molecule has 2 aromatic rings. The fourth-order valence-electron chi connectivity index (χ4n) is 1.37. The molecule has 0 aliphatic carbocycles. The Morgan fingerprint density at radius 1 is 1.43 bits per heavy atom. The van der Waals surface area contributed by atoms with Crippen LogP contribution in [-0.4, -0.2) is 10.6 Å². The van der Waals surface area contributed by atoms with Gasteiger partial charge in [0.25, 0.3) is 0 Å². The molecule has 14 heavy (non-hydrogen) atoms. The number of nitrogen functional groups attached to an aromatic ring is 1. The first-order valence-corrected chi connectivity index (χ1v) is 4.21. The van der Waals surface area contributed by atoms with E-state index >= 15 is 0 Å². The number of carbonyl (C=O) groups excluding carboxylic acids is 1. The van der Waals surface area contributed by atoms with Gasteiger partial charge in [0, 0.05) is 18.5 Å². The van der Waals surface area contributed by atoms with E-state index in [1.807, 2.05) is 12.1 Å². The highest BCUT2D eigenvalue weighted by molar-refractivity contribution is 5.82. The van der Waals surface area contributed by atoms with Gasteiger partial charge in [-0.1, -0.05) is 0 Å². The molecule has 0 amide bonds. The summed E-state index contributed by atoms with van der Waals surface area (Å²) in [7, 11) is 0. The Morgan fingerprint density at radius 2 is 2.21 bits per heavy atom. The van der Waals surface area contributed by atoms with Crippen molar-refractivity contribution in [3.05, 3.63) is 30.5 Å². The van der Waals surface area contributed by atoms with Crippen molar-refractivity contribution >= 4 is 16.9 Å². The molecule has 0 spiro atoms. The van der Waals surface area contributed by atoms with Gasteiger partial charge in [0.2, 0.25) is 0 Å². The SMILES string of the molecule is CC(=O)Oc1ccc2c(ccn2N)c1. The lowest BCUT2D eigenvalue weighted by Crippen LogP contribution is -2.05. The fourth-order valence-corrected chi connectivity index (χ4v) is 1.37. The highest BCUT2D eigenvalue weighted by Crippen LogP contribution is 2.20. The summed E-state index contributed by atoms with van der Waals surface area (Å²) < 4.78 is 6.46. The highest BCUT2D eigenvalue weighted by atomic mass is 16.5. The van der Waals surface area contributed by atoms with E-state index in [4.69, 9.17) is 10.6 Å². The average molecular weight is 190 g/mol. The quantitative estimate of drug-likeness (QED) is 0.418. The molecule has 1 heterocycles. The first-order chi connectivity index (χ1) is 6.66.